The molecule has 1 atom stereocenters. The van der Waals surface area contributed by atoms with Crippen molar-refractivity contribution in [3.63, 3.8) is 0 Å². The summed E-state index contributed by atoms with van der Waals surface area (Å²) in [5, 5.41) is 4.95. The highest BCUT2D eigenvalue weighted by atomic mass is 32.1. The number of rotatable bonds is 25. The van der Waals surface area contributed by atoms with Gasteiger partial charge in [-0.25, -0.2) is 29.0 Å². The second-order valence-corrected chi connectivity index (χ2v) is 17.4. The predicted molar refractivity (Wildman–Crippen MR) is 268 cm³/mol. The molecule has 0 saturated heterocycles. The number of para-hydroxylation sites is 1. The van der Waals surface area contributed by atoms with Crippen molar-refractivity contribution in [2.75, 3.05) is 38.5 Å². The zero-order valence-electron chi connectivity index (χ0n) is 39.5. The molecule has 1 heterocycles. The van der Waals surface area contributed by atoms with Crippen molar-refractivity contribution < 1.29 is 61.9 Å². The number of carbonyl (C=O) groups is 5. The van der Waals surface area contributed by atoms with Gasteiger partial charge < -0.3 is 37.9 Å². The van der Waals surface area contributed by atoms with Crippen molar-refractivity contribution in [2.24, 2.45) is 5.10 Å². The molecule has 6 aromatic rings. The van der Waals surface area contributed by atoms with Gasteiger partial charge in [-0.05, 0) is 136 Å². The fraction of sp³-hybridized carbons (Fsp3) is 0.241. The average Bonchev–Trinajstić information content (AvgIpc) is 3.78. The Kier molecular flexibility index (Phi) is 19.1. The molecule has 17 heteroatoms. The van der Waals surface area contributed by atoms with E-state index in [1.54, 1.807) is 54.6 Å². The van der Waals surface area contributed by atoms with E-state index in [4.69, 9.17) is 37.9 Å². The molecule has 0 fully saturated rings. The number of esters is 5. The van der Waals surface area contributed by atoms with Gasteiger partial charge in [0, 0.05) is 30.7 Å². The molecular formula is C54H53N3O13S. The van der Waals surface area contributed by atoms with Crippen LogP contribution in [-0.2, 0) is 35.0 Å². The number of thiazole rings is 1. The van der Waals surface area contributed by atoms with Crippen molar-refractivity contribution in [1.29, 1.82) is 0 Å². The van der Waals surface area contributed by atoms with Gasteiger partial charge in [-0.1, -0.05) is 42.7 Å². The highest BCUT2D eigenvalue weighted by molar-refractivity contribution is 7.22. The number of unbranched alkanes of at least 4 members (excludes halogenated alkanes) is 1. The SMILES string of the molecule is C=CC(=O)OCCCCOCC(COc1ccc(C(=O)Oc2ccc(CCOC(=O)c3ccc(OC(=O)c4ccc(OC(C)(C)C)cc4)cc3)cc2/C=N/Nc2nc3ccccc3s2)cc1)OC(=O)C=C. The van der Waals surface area contributed by atoms with Crippen LogP contribution in [0.25, 0.3) is 10.2 Å². The summed E-state index contributed by atoms with van der Waals surface area (Å²) in [6.07, 6.45) is 4.39. The Morgan fingerprint density at radius 1 is 0.690 bits per heavy atom. The van der Waals surface area contributed by atoms with Crippen molar-refractivity contribution >= 4 is 62.7 Å². The molecule has 0 bridgehead atoms. The van der Waals surface area contributed by atoms with E-state index in [0.717, 1.165) is 27.9 Å². The molecule has 0 aliphatic heterocycles. The monoisotopic (exact) mass is 983 g/mol. The summed E-state index contributed by atoms with van der Waals surface area (Å²) in [6.45, 7) is 13.2. The highest BCUT2D eigenvalue weighted by Gasteiger charge is 2.18. The van der Waals surface area contributed by atoms with E-state index < -0.39 is 36.0 Å². The smallest absolute Gasteiger partial charge is 0.343 e. The Labute approximate surface area is 414 Å². The van der Waals surface area contributed by atoms with Gasteiger partial charge in [-0.3, -0.25) is 5.43 Å². The maximum absolute atomic E-state index is 13.5. The third kappa shape index (κ3) is 17.1. The van der Waals surface area contributed by atoms with Gasteiger partial charge in [0.2, 0.25) is 5.13 Å². The Hall–Kier alpha value is -8.15. The van der Waals surface area contributed by atoms with Crippen LogP contribution in [0.5, 0.6) is 23.0 Å². The lowest BCUT2D eigenvalue weighted by molar-refractivity contribution is -0.148. The summed E-state index contributed by atoms with van der Waals surface area (Å²) in [7, 11) is 0. The zero-order valence-corrected chi connectivity index (χ0v) is 40.3. The molecule has 0 spiro atoms. The Balaban J connectivity index is 1.04. The maximum atomic E-state index is 13.5. The number of hydrazone groups is 1. The molecule has 6 rings (SSSR count). The molecule has 1 aromatic heterocycles. The van der Waals surface area contributed by atoms with Gasteiger partial charge in [0.1, 0.15) is 35.2 Å². The number of aromatic nitrogens is 1. The summed E-state index contributed by atoms with van der Waals surface area (Å²) in [4.78, 5) is 66.9. The van der Waals surface area contributed by atoms with Gasteiger partial charge in [0.25, 0.3) is 0 Å². The van der Waals surface area contributed by atoms with E-state index in [9.17, 15) is 24.0 Å². The van der Waals surface area contributed by atoms with E-state index in [0.29, 0.717) is 53.6 Å². The molecule has 0 aliphatic carbocycles. The largest absolute Gasteiger partial charge is 0.490 e. The highest BCUT2D eigenvalue weighted by Crippen LogP contribution is 2.27. The lowest BCUT2D eigenvalue weighted by Crippen LogP contribution is -2.29. The number of ether oxygens (including phenoxy) is 8. The van der Waals surface area contributed by atoms with E-state index in [-0.39, 0.29) is 54.7 Å². The van der Waals surface area contributed by atoms with E-state index in [1.807, 2.05) is 45.0 Å². The molecule has 368 valence electrons. The van der Waals surface area contributed by atoms with Crippen LogP contribution < -0.4 is 24.4 Å². The summed E-state index contributed by atoms with van der Waals surface area (Å²) in [5.74, 6) is -1.42. The van der Waals surface area contributed by atoms with Crippen molar-refractivity contribution in [3.8, 4) is 23.0 Å². The molecule has 0 saturated carbocycles. The first-order valence-corrected chi connectivity index (χ1v) is 23.3. The first kappa shape index (κ1) is 52.2. The normalized spacial score (nSPS) is 11.5. The van der Waals surface area contributed by atoms with E-state index in [2.05, 4.69) is 28.7 Å². The van der Waals surface area contributed by atoms with Crippen LogP contribution in [0.4, 0.5) is 5.13 Å². The third-order valence-electron chi connectivity index (χ3n) is 9.75. The number of fused-ring (bicyclic) bond motifs is 1. The fourth-order valence-electron chi connectivity index (χ4n) is 6.32. The summed E-state index contributed by atoms with van der Waals surface area (Å²) >= 11 is 1.43. The molecule has 5 aromatic carbocycles. The number of hydrogen-bond acceptors (Lipinski definition) is 17. The average molecular weight is 984 g/mol. The molecule has 1 N–H and O–H groups in total. The molecule has 0 radical (unpaired) electrons. The number of anilines is 1. The molecule has 16 nitrogen and oxygen atoms in total. The van der Waals surface area contributed by atoms with Gasteiger partial charge in [-0.2, -0.15) is 5.10 Å². The molecule has 71 heavy (non-hydrogen) atoms. The van der Waals surface area contributed by atoms with Crippen LogP contribution in [-0.4, -0.2) is 85.8 Å². The summed E-state index contributed by atoms with van der Waals surface area (Å²) < 4.78 is 45.6. The van der Waals surface area contributed by atoms with Crippen molar-refractivity contribution in [2.45, 2.75) is 51.7 Å². The van der Waals surface area contributed by atoms with Crippen LogP contribution in [0, 0.1) is 0 Å². The van der Waals surface area contributed by atoms with Gasteiger partial charge >= 0.3 is 29.8 Å². The zero-order chi connectivity index (χ0) is 50.6. The Bertz CT molecular complexity index is 2780. The number of nitrogens with one attached hydrogen (secondary N) is 1. The van der Waals surface area contributed by atoms with E-state index in [1.165, 1.54) is 53.9 Å². The fourth-order valence-corrected chi connectivity index (χ4v) is 7.14. The summed E-state index contributed by atoms with van der Waals surface area (Å²) in [6, 6.07) is 31.8. The minimum atomic E-state index is -0.759. The minimum absolute atomic E-state index is 0.0274. The number of carbonyl (C=O) groups excluding carboxylic acids is 5. The minimum Gasteiger partial charge on any atom is -0.490 e. The topological polar surface area (TPSA) is 196 Å². The molecule has 0 amide bonds. The van der Waals surface area contributed by atoms with Crippen LogP contribution >= 0.6 is 11.3 Å². The van der Waals surface area contributed by atoms with Crippen molar-refractivity contribution in [3.05, 3.63) is 168 Å². The second kappa shape index (κ2) is 26.0. The van der Waals surface area contributed by atoms with Crippen LogP contribution in [0.15, 0.2) is 146 Å². The molecule has 0 aliphatic rings. The second-order valence-electron chi connectivity index (χ2n) is 16.4. The van der Waals surface area contributed by atoms with Gasteiger partial charge in [-0.15, -0.1) is 0 Å². The van der Waals surface area contributed by atoms with Crippen molar-refractivity contribution in [1.82, 2.24) is 4.98 Å². The lowest BCUT2D eigenvalue weighted by atomic mass is 10.1. The summed E-state index contributed by atoms with van der Waals surface area (Å²) in [5.41, 5.74) is 5.44. The lowest BCUT2D eigenvalue weighted by Gasteiger charge is -2.21. The number of benzene rings is 5. The quantitative estimate of drug-likeness (QED) is 0.0108. The number of nitrogens with zero attached hydrogens (tertiary/aromatic N) is 2. The standard InChI is InChI=1S/C54H53N3O13S/c1-6-48(58)64-30-11-10-29-63-34-44(67-49(59)7-2)35-66-41-21-15-39(16-22-41)52(62)69-46-27-14-36(32-40(46)33-55-57-53-56-45-12-8-9-13-47(45)71-53)28-31-65-50(60)37-17-23-42(24-18-37)68-51(61)38-19-25-43(26-20-38)70-54(3,4)5/h6-9,12-27,32-33,44H,1-2,10-11,28-31,34-35H2,3-5H3,(H,56,57)/b55-33+. The maximum Gasteiger partial charge on any atom is 0.343 e. The van der Waals surface area contributed by atoms with Crippen LogP contribution in [0.2, 0.25) is 0 Å². The Morgan fingerprint density at radius 2 is 1.32 bits per heavy atom. The van der Waals surface area contributed by atoms with Gasteiger partial charge in [0.15, 0.2) is 6.10 Å². The third-order valence-corrected chi connectivity index (χ3v) is 10.7. The Morgan fingerprint density at radius 3 is 2.00 bits per heavy atom. The number of hydrogen-bond donors (Lipinski definition) is 1. The van der Waals surface area contributed by atoms with Gasteiger partial charge in [0.05, 0.1) is 52.9 Å². The van der Waals surface area contributed by atoms with Crippen LogP contribution in [0.1, 0.15) is 75.8 Å². The first-order chi connectivity index (χ1) is 34.2. The predicted octanol–water partition coefficient (Wildman–Crippen LogP) is 9.76. The molecular weight excluding hydrogens is 931 g/mol. The molecule has 1 unspecified atom stereocenters. The first-order valence-electron chi connectivity index (χ1n) is 22.5. The van der Waals surface area contributed by atoms with Crippen LogP contribution in [0.3, 0.4) is 0 Å². The van der Waals surface area contributed by atoms with E-state index >= 15 is 0 Å².